The fourth-order valence-corrected chi connectivity index (χ4v) is 6.93. The summed E-state index contributed by atoms with van der Waals surface area (Å²) in [5.74, 6) is -1.01. The number of carbonyl (C=O) groups is 2. The predicted molar refractivity (Wildman–Crippen MR) is 189 cm³/mol. The molecule has 0 aliphatic carbocycles. The number of nitrogens with one attached hydrogen (secondary N) is 1. The summed E-state index contributed by atoms with van der Waals surface area (Å²) in [5, 5.41) is 2.93. The van der Waals surface area contributed by atoms with Crippen molar-refractivity contribution in [2.24, 2.45) is 5.92 Å². The van der Waals surface area contributed by atoms with E-state index in [2.05, 4.69) is 5.32 Å². The third-order valence-electron chi connectivity index (χ3n) is 7.97. The molecular weight excluding hydrogens is 645 g/mol. The van der Waals surface area contributed by atoms with Crippen LogP contribution >= 0.6 is 0 Å². The summed E-state index contributed by atoms with van der Waals surface area (Å²) < 4.78 is 55.8. The van der Waals surface area contributed by atoms with Gasteiger partial charge >= 0.3 is 0 Å². The van der Waals surface area contributed by atoms with E-state index in [1.807, 2.05) is 64.1 Å². The highest BCUT2D eigenvalue weighted by Gasteiger charge is 2.35. The van der Waals surface area contributed by atoms with Gasteiger partial charge in [-0.25, -0.2) is 12.8 Å². The Morgan fingerprint density at radius 3 is 2.08 bits per heavy atom. The first kappa shape index (κ1) is 36.9. The van der Waals surface area contributed by atoms with Crippen molar-refractivity contribution in [3.8, 4) is 11.5 Å². The third-order valence-corrected chi connectivity index (χ3v) is 9.74. The largest absolute Gasteiger partial charge is 0.493 e. The molecule has 0 saturated heterocycles. The number of sulfonamides is 1. The molecule has 0 fully saturated rings. The third kappa shape index (κ3) is 9.38. The van der Waals surface area contributed by atoms with E-state index in [1.165, 1.54) is 43.4 Å². The van der Waals surface area contributed by atoms with E-state index in [4.69, 9.17) is 9.47 Å². The molecule has 4 rings (SSSR count). The zero-order valence-electron chi connectivity index (χ0n) is 28.8. The molecule has 0 spiro atoms. The lowest BCUT2D eigenvalue weighted by atomic mass is 10.0. The quantitative estimate of drug-likeness (QED) is 0.163. The first-order chi connectivity index (χ1) is 23.3. The van der Waals surface area contributed by atoms with E-state index < -0.39 is 40.2 Å². The van der Waals surface area contributed by atoms with Gasteiger partial charge < -0.3 is 19.7 Å². The van der Waals surface area contributed by atoms with Crippen molar-refractivity contribution in [3.63, 3.8) is 0 Å². The second-order valence-electron chi connectivity index (χ2n) is 12.3. The van der Waals surface area contributed by atoms with Crippen LogP contribution in [0.3, 0.4) is 0 Å². The van der Waals surface area contributed by atoms with Crippen LogP contribution in [0, 0.1) is 25.6 Å². The van der Waals surface area contributed by atoms with Crippen LogP contribution in [-0.4, -0.2) is 58.5 Å². The van der Waals surface area contributed by atoms with Crippen LogP contribution in [0.5, 0.6) is 11.5 Å². The van der Waals surface area contributed by atoms with Crippen LogP contribution in [0.4, 0.5) is 10.1 Å². The maximum absolute atomic E-state index is 15.2. The first-order valence-corrected chi connectivity index (χ1v) is 17.5. The van der Waals surface area contributed by atoms with Crippen molar-refractivity contribution in [2.75, 3.05) is 31.6 Å². The standard InChI is InChI=1S/C38H44FN3O6S/c1-26(2)23-40-38(44)34(21-29-12-8-7-9-13-29)41(24-30-14-10-11-15-33(30)39)37(43)25-42(31-19-27(3)18-28(4)20-31)49(45,46)32-16-17-35(47-5)36(22-32)48-6/h7-20,22,26,34H,21,23-25H2,1-6H3,(H,40,44)/t34-/m0/s1. The van der Waals surface area contributed by atoms with Crippen LogP contribution in [0.1, 0.15) is 36.1 Å². The minimum atomic E-state index is -4.41. The summed E-state index contributed by atoms with van der Waals surface area (Å²) >= 11 is 0. The predicted octanol–water partition coefficient (Wildman–Crippen LogP) is 6.07. The van der Waals surface area contributed by atoms with Gasteiger partial charge in [-0.3, -0.25) is 13.9 Å². The summed E-state index contributed by atoms with van der Waals surface area (Å²) in [6.07, 6.45) is 0.122. The molecule has 0 radical (unpaired) electrons. The molecule has 4 aromatic carbocycles. The Balaban J connectivity index is 1.86. The number of ether oxygens (including phenoxy) is 2. The zero-order valence-corrected chi connectivity index (χ0v) is 29.6. The number of amides is 2. The fraction of sp³-hybridized carbons (Fsp3) is 0.316. The maximum Gasteiger partial charge on any atom is 0.264 e. The molecule has 0 heterocycles. The van der Waals surface area contributed by atoms with E-state index in [-0.39, 0.29) is 40.8 Å². The fourth-order valence-electron chi connectivity index (χ4n) is 5.51. The summed E-state index contributed by atoms with van der Waals surface area (Å²) in [6, 6.07) is 23.6. The molecule has 0 unspecified atom stereocenters. The van der Waals surface area contributed by atoms with Crippen molar-refractivity contribution < 1.29 is 31.9 Å². The summed E-state index contributed by atoms with van der Waals surface area (Å²) in [6.45, 7) is 6.99. The van der Waals surface area contributed by atoms with Gasteiger partial charge in [0.15, 0.2) is 11.5 Å². The van der Waals surface area contributed by atoms with Crippen molar-refractivity contribution >= 4 is 27.5 Å². The highest BCUT2D eigenvalue weighted by Crippen LogP contribution is 2.33. The molecule has 49 heavy (non-hydrogen) atoms. The zero-order chi connectivity index (χ0) is 35.7. The number of nitrogens with zero attached hydrogens (tertiary/aromatic N) is 2. The SMILES string of the molecule is COc1ccc(S(=O)(=O)N(CC(=O)N(Cc2ccccc2F)[C@@H](Cc2ccccc2)C(=O)NCC(C)C)c2cc(C)cc(C)c2)cc1OC. The smallest absolute Gasteiger partial charge is 0.264 e. The molecule has 1 atom stereocenters. The normalized spacial score (nSPS) is 11.9. The Bertz CT molecular complexity index is 1850. The van der Waals surface area contributed by atoms with Gasteiger partial charge in [-0.2, -0.15) is 0 Å². The van der Waals surface area contributed by atoms with Crippen LogP contribution in [0.25, 0.3) is 0 Å². The van der Waals surface area contributed by atoms with Gasteiger partial charge in [0, 0.05) is 31.1 Å². The Hall–Kier alpha value is -4.90. The molecule has 4 aromatic rings. The van der Waals surface area contributed by atoms with Crippen molar-refractivity contribution in [1.29, 1.82) is 0 Å². The molecule has 9 nitrogen and oxygen atoms in total. The number of aryl methyl sites for hydroxylation is 2. The molecule has 0 saturated carbocycles. The van der Waals surface area contributed by atoms with Gasteiger partial charge in [0.2, 0.25) is 11.8 Å². The van der Waals surface area contributed by atoms with Gasteiger partial charge in [0.05, 0.1) is 24.8 Å². The van der Waals surface area contributed by atoms with Gasteiger partial charge in [0.25, 0.3) is 10.0 Å². The number of anilines is 1. The highest BCUT2D eigenvalue weighted by molar-refractivity contribution is 7.92. The minimum absolute atomic E-state index is 0.122. The molecule has 11 heteroatoms. The number of rotatable bonds is 15. The van der Waals surface area contributed by atoms with Crippen LogP contribution < -0.4 is 19.1 Å². The van der Waals surface area contributed by atoms with E-state index in [0.717, 1.165) is 21.0 Å². The second-order valence-corrected chi connectivity index (χ2v) is 14.2. The molecule has 0 aliphatic rings. The van der Waals surface area contributed by atoms with Gasteiger partial charge in [-0.05, 0) is 66.8 Å². The van der Waals surface area contributed by atoms with Gasteiger partial charge in [-0.1, -0.05) is 68.4 Å². The molecular formula is C38H44FN3O6S. The monoisotopic (exact) mass is 689 g/mol. The first-order valence-electron chi connectivity index (χ1n) is 16.0. The Morgan fingerprint density at radius 1 is 0.837 bits per heavy atom. The van der Waals surface area contributed by atoms with Gasteiger partial charge in [-0.15, -0.1) is 0 Å². The lowest BCUT2D eigenvalue weighted by Crippen LogP contribution is -2.53. The van der Waals surface area contributed by atoms with E-state index in [1.54, 1.807) is 30.3 Å². The molecule has 0 aliphatic heterocycles. The summed E-state index contributed by atoms with van der Waals surface area (Å²) in [5.41, 5.74) is 2.80. The minimum Gasteiger partial charge on any atom is -0.493 e. The number of hydrogen-bond acceptors (Lipinski definition) is 6. The lowest BCUT2D eigenvalue weighted by Gasteiger charge is -2.34. The molecule has 260 valence electrons. The lowest BCUT2D eigenvalue weighted by molar-refractivity contribution is -0.140. The number of halogens is 1. The molecule has 2 amide bonds. The van der Waals surface area contributed by atoms with Crippen LogP contribution in [-0.2, 0) is 32.6 Å². The number of methoxy groups -OCH3 is 2. The van der Waals surface area contributed by atoms with Crippen molar-refractivity contribution in [3.05, 3.63) is 119 Å². The van der Waals surface area contributed by atoms with E-state index >= 15 is 4.39 Å². The van der Waals surface area contributed by atoms with E-state index in [0.29, 0.717) is 12.3 Å². The van der Waals surface area contributed by atoms with Crippen molar-refractivity contribution in [1.82, 2.24) is 10.2 Å². The van der Waals surface area contributed by atoms with Crippen LogP contribution in [0.15, 0.2) is 95.9 Å². The van der Waals surface area contributed by atoms with Crippen LogP contribution in [0.2, 0.25) is 0 Å². The van der Waals surface area contributed by atoms with E-state index in [9.17, 15) is 18.0 Å². The average Bonchev–Trinajstić information content (AvgIpc) is 3.07. The summed E-state index contributed by atoms with van der Waals surface area (Å²) in [4.78, 5) is 29.7. The average molecular weight is 690 g/mol. The maximum atomic E-state index is 15.2. The Labute approximate surface area is 288 Å². The highest BCUT2D eigenvalue weighted by atomic mass is 32.2. The van der Waals surface area contributed by atoms with Crippen molar-refractivity contribution in [2.45, 2.75) is 51.6 Å². The summed E-state index contributed by atoms with van der Waals surface area (Å²) in [7, 11) is -1.56. The topological polar surface area (TPSA) is 105 Å². The second kappa shape index (κ2) is 16.5. The number of carbonyl (C=O) groups excluding carboxylic acids is 2. The number of benzene rings is 4. The molecule has 0 bridgehead atoms. The Kier molecular flexibility index (Phi) is 12.4. The number of hydrogen-bond donors (Lipinski definition) is 1. The Morgan fingerprint density at radius 2 is 1.47 bits per heavy atom. The molecule has 0 aromatic heterocycles. The van der Waals surface area contributed by atoms with Gasteiger partial charge in [0.1, 0.15) is 18.4 Å². The molecule has 1 N–H and O–H groups in total.